The van der Waals surface area contributed by atoms with Crippen LogP contribution in [0.15, 0.2) is 18.2 Å². The number of benzene rings is 1. The highest BCUT2D eigenvalue weighted by Crippen LogP contribution is 2.32. The van der Waals surface area contributed by atoms with Crippen molar-refractivity contribution in [1.82, 2.24) is 0 Å². The van der Waals surface area contributed by atoms with Gasteiger partial charge in [-0.05, 0) is 43.4 Å². The summed E-state index contributed by atoms with van der Waals surface area (Å²) in [5, 5.41) is 10.1. The normalized spacial score (nSPS) is 15.6. The zero-order valence-electron chi connectivity index (χ0n) is 12.4. The standard InChI is InChI=1S/C17H23ClN2/c1-13(2)9-10-20(16-5-3-4-6-16)17-11-15(18)8-7-14(17)12-19/h7-8,11,13,16H,3-6,9-10H2,1-2H3. The summed E-state index contributed by atoms with van der Waals surface area (Å²) >= 11 is 6.15. The zero-order valence-corrected chi connectivity index (χ0v) is 13.2. The van der Waals surface area contributed by atoms with E-state index >= 15 is 0 Å². The summed E-state index contributed by atoms with van der Waals surface area (Å²) in [5.74, 6) is 0.670. The number of hydrogen-bond donors (Lipinski definition) is 0. The molecule has 1 aromatic rings. The van der Waals surface area contributed by atoms with Crippen LogP contribution in [0.4, 0.5) is 5.69 Å². The second-order valence-corrected chi connectivity index (χ2v) is 6.52. The molecule has 0 amide bonds. The Hall–Kier alpha value is -1.20. The van der Waals surface area contributed by atoms with Crippen LogP contribution < -0.4 is 4.90 Å². The molecule has 0 spiro atoms. The molecule has 0 radical (unpaired) electrons. The molecule has 0 aromatic heterocycles. The van der Waals surface area contributed by atoms with E-state index in [1.165, 1.54) is 25.7 Å². The Balaban J connectivity index is 2.29. The third kappa shape index (κ3) is 3.67. The number of halogens is 1. The molecule has 0 bridgehead atoms. The first-order chi connectivity index (χ1) is 9.61. The Morgan fingerprint density at radius 1 is 1.35 bits per heavy atom. The molecular weight excluding hydrogens is 268 g/mol. The van der Waals surface area contributed by atoms with Crippen molar-refractivity contribution in [2.45, 2.75) is 52.0 Å². The molecule has 20 heavy (non-hydrogen) atoms. The molecule has 0 heterocycles. The van der Waals surface area contributed by atoms with E-state index < -0.39 is 0 Å². The molecule has 0 atom stereocenters. The lowest BCUT2D eigenvalue weighted by molar-refractivity contribution is 0.528. The molecule has 0 aliphatic heterocycles. The van der Waals surface area contributed by atoms with Gasteiger partial charge in [-0.15, -0.1) is 0 Å². The van der Waals surface area contributed by atoms with Gasteiger partial charge in [0.2, 0.25) is 0 Å². The summed E-state index contributed by atoms with van der Waals surface area (Å²) in [4.78, 5) is 2.43. The molecule has 0 unspecified atom stereocenters. The van der Waals surface area contributed by atoms with Crippen LogP contribution in [0.5, 0.6) is 0 Å². The zero-order chi connectivity index (χ0) is 14.5. The van der Waals surface area contributed by atoms with Crippen LogP contribution in [0.1, 0.15) is 51.5 Å². The van der Waals surface area contributed by atoms with Gasteiger partial charge in [0.25, 0.3) is 0 Å². The maximum absolute atomic E-state index is 9.36. The molecule has 1 fully saturated rings. The van der Waals surface area contributed by atoms with Gasteiger partial charge >= 0.3 is 0 Å². The molecule has 1 saturated carbocycles. The lowest BCUT2D eigenvalue weighted by Crippen LogP contribution is -2.35. The summed E-state index contributed by atoms with van der Waals surface area (Å²) in [6, 6.07) is 8.49. The van der Waals surface area contributed by atoms with Gasteiger partial charge in [-0.25, -0.2) is 0 Å². The lowest BCUT2D eigenvalue weighted by atomic mass is 10.1. The monoisotopic (exact) mass is 290 g/mol. The largest absolute Gasteiger partial charge is 0.367 e. The summed E-state index contributed by atoms with van der Waals surface area (Å²) in [6.45, 7) is 5.50. The molecule has 0 saturated heterocycles. The van der Waals surface area contributed by atoms with E-state index in [-0.39, 0.29) is 0 Å². The van der Waals surface area contributed by atoms with Crippen molar-refractivity contribution >= 4 is 17.3 Å². The van der Waals surface area contributed by atoms with Crippen molar-refractivity contribution in [3.05, 3.63) is 28.8 Å². The predicted octanol–water partition coefficient (Wildman–Crippen LogP) is 5.01. The second kappa shape index (κ2) is 6.99. The van der Waals surface area contributed by atoms with Gasteiger partial charge in [-0.2, -0.15) is 5.26 Å². The van der Waals surface area contributed by atoms with Gasteiger partial charge in [0, 0.05) is 17.6 Å². The Morgan fingerprint density at radius 2 is 2.05 bits per heavy atom. The van der Waals surface area contributed by atoms with E-state index in [1.807, 2.05) is 12.1 Å². The van der Waals surface area contributed by atoms with Crippen molar-refractivity contribution in [1.29, 1.82) is 5.26 Å². The van der Waals surface area contributed by atoms with E-state index in [0.29, 0.717) is 17.0 Å². The van der Waals surface area contributed by atoms with Gasteiger partial charge in [-0.3, -0.25) is 0 Å². The fourth-order valence-electron chi connectivity index (χ4n) is 2.95. The first-order valence-corrected chi connectivity index (χ1v) is 7.96. The molecule has 0 N–H and O–H groups in total. The highest BCUT2D eigenvalue weighted by atomic mass is 35.5. The first kappa shape index (κ1) is 15.2. The Bertz CT molecular complexity index is 484. The quantitative estimate of drug-likeness (QED) is 0.762. The van der Waals surface area contributed by atoms with E-state index in [9.17, 15) is 5.26 Å². The van der Waals surface area contributed by atoms with Gasteiger partial charge in [0.05, 0.1) is 11.3 Å². The highest BCUT2D eigenvalue weighted by molar-refractivity contribution is 6.30. The van der Waals surface area contributed by atoms with Crippen LogP contribution in [0.2, 0.25) is 5.02 Å². The summed E-state index contributed by atoms with van der Waals surface area (Å²) in [7, 11) is 0. The Labute approximate surface area is 127 Å². The van der Waals surface area contributed by atoms with Crippen LogP contribution in [-0.4, -0.2) is 12.6 Å². The molecule has 2 rings (SSSR count). The smallest absolute Gasteiger partial charge is 0.101 e. The minimum Gasteiger partial charge on any atom is -0.367 e. The molecule has 2 nitrogen and oxygen atoms in total. The SMILES string of the molecule is CC(C)CCN(c1cc(Cl)ccc1C#N)C1CCCC1. The third-order valence-electron chi connectivity index (χ3n) is 4.10. The van der Waals surface area contributed by atoms with Crippen molar-refractivity contribution in [3.63, 3.8) is 0 Å². The number of nitriles is 1. The van der Waals surface area contributed by atoms with Gasteiger partial charge in [-0.1, -0.05) is 38.3 Å². The number of nitrogens with zero attached hydrogens (tertiary/aromatic N) is 2. The first-order valence-electron chi connectivity index (χ1n) is 7.58. The summed E-state index contributed by atoms with van der Waals surface area (Å²) in [5.41, 5.74) is 1.76. The minimum absolute atomic E-state index is 0.569. The van der Waals surface area contributed by atoms with E-state index in [1.54, 1.807) is 6.07 Å². The van der Waals surface area contributed by atoms with E-state index in [0.717, 1.165) is 24.2 Å². The van der Waals surface area contributed by atoms with Gasteiger partial charge in [0.15, 0.2) is 0 Å². The number of rotatable bonds is 5. The maximum atomic E-state index is 9.36. The molecule has 1 aromatic carbocycles. The average molecular weight is 291 g/mol. The summed E-state index contributed by atoms with van der Waals surface area (Å²) < 4.78 is 0. The molecule has 1 aliphatic carbocycles. The van der Waals surface area contributed by atoms with Crippen LogP contribution in [0.3, 0.4) is 0 Å². The molecular formula is C17H23ClN2. The maximum Gasteiger partial charge on any atom is 0.101 e. The van der Waals surface area contributed by atoms with E-state index in [2.05, 4.69) is 24.8 Å². The van der Waals surface area contributed by atoms with Crippen LogP contribution in [0.25, 0.3) is 0 Å². The Kier molecular flexibility index (Phi) is 5.31. The van der Waals surface area contributed by atoms with Gasteiger partial charge in [0.1, 0.15) is 6.07 Å². The predicted molar refractivity (Wildman–Crippen MR) is 85.2 cm³/mol. The molecule has 1 aliphatic rings. The van der Waals surface area contributed by atoms with E-state index in [4.69, 9.17) is 11.6 Å². The topological polar surface area (TPSA) is 27.0 Å². The average Bonchev–Trinajstić information content (AvgIpc) is 2.93. The number of hydrogen-bond acceptors (Lipinski definition) is 2. The van der Waals surface area contributed by atoms with Crippen molar-refractivity contribution in [2.75, 3.05) is 11.4 Å². The lowest BCUT2D eigenvalue weighted by Gasteiger charge is -2.32. The highest BCUT2D eigenvalue weighted by Gasteiger charge is 2.24. The fourth-order valence-corrected chi connectivity index (χ4v) is 3.12. The molecule has 108 valence electrons. The van der Waals surface area contributed by atoms with Crippen molar-refractivity contribution < 1.29 is 0 Å². The van der Waals surface area contributed by atoms with Crippen molar-refractivity contribution in [2.24, 2.45) is 5.92 Å². The third-order valence-corrected chi connectivity index (χ3v) is 4.34. The van der Waals surface area contributed by atoms with Gasteiger partial charge < -0.3 is 4.90 Å². The van der Waals surface area contributed by atoms with Crippen molar-refractivity contribution in [3.8, 4) is 6.07 Å². The second-order valence-electron chi connectivity index (χ2n) is 6.09. The number of anilines is 1. The minimum atomic E-state index is 0.569. The Morgan fingerprint density at radius 3 is 2.65 bits per heavy atom. The van der Waals surface area contributed by atoms with Crippen LogP contribution in [0, 0.1) is 17.2 Å². The van der Waals surface area contributed by atoms with Crippen LogP contribution >= 0.6 is 11.6 Å². The summed E-state index contributed by atoms with van der Waals surface area (Å²) in [6.07, 6.45) is 6.20. The fraction of sp³-hybridized carbons (Fsp3) is 0.588. The van der Waals surface area contributed by atoms with Crippen LogP contribution in [-0.2, 0) is 0 Å². The molecule has 3 heteroatoms.